The number of fused-ring (bicyclic) bond motifs is 1. The monoisotopic (exact) mass is 345 g/mol. The van der Waals surface area contributed by atoms with E-state index in [0.717, 1.165) is 23.0 Å². The van der Waals surface area contributed by atoms with Crippen LogP contribution in [0.25, 0.3) is 10.9 Å². The molecule has 25 heavy (non-hydrogen) atoms. The third-order valence-corrected chi connectivity index (χ3v) is 3.54. The number of para-hydroxylation sites is 1. The quantitative estimate of drug-likeness (QED) is 0.670. The Labute approximate surface area is 141 Å². The molecule has 0 fully saturated rings. The topological polar surface area (TPSA) is 54.0 Å². The van der Waals surface area contributed by atoms with Crippen LogP contribution in [0.4, 0.5) is 29.3 Å². The number of halogens is 3. The van der Waals surface area contributed by atoms with Gasteiger partial charge in [0.05, 0.1) is 16.8 Å². The first-order valence-corrected chi connectivity index (χ1v) is 7.44. The Morgan fingerprint density at radius 3 is 2.52 bits per heavy atom. The molecule has 0 bridgehead atoms. The average Bonchev–Trinajstić information content (AvgIpc) is 2.54. The molecule has 2 N–H and O–H groups in total. The molecule has 1 heterocycles. The number of nitrogens with zero attached hydrogens (tertiary/aromatic N) is 1. The van der Waals surface area contributed by atoms with Crippen LogP contribution in [-0.2, 0) is 6.18 Å². The van der Waals surface area contributed by atoms with Gasteiger partial charge in [-0.2, -0.15) is 13.2 Å². The van der Waals surface area contributed by atoms with Crippen LogP contribution in [0.2, 0.25) is 0 Å². The first-order chi connectivity index (χ1) is 11.8. The number of alkyl halides is 3. The van der Waals surface area contributed by atoms with E-state index in [9.17, 15) is 18.0 Å². The van der Waals surface area contributed by atoms with Crippen molar-refractivity contribution in [3.05, 3.63) is 65.9 Å². The van der Waals surface area contributed by atoms with Gasteiger partial charge in [0, 0.05) is 16.8 Å². The molecule has 0 saturated carbocycles. The average molecular weight is 345 g/mol. The van der Waals surface area contributed by atoms with Crippen LogP contribution in [-0.4, -0.2) is 11.0 Å². The minimum Gasteiger partial charge on any atom is -0.308 e. The van der Waals surface area contributed by atoms with Crippen molar-refractivity contribution in [2.45, 2.75) is 13.1 Å². The van der Waals surface area contributed by atoms with Crippen LogP contribution >= 0.6 is 0 Å². The summed E-state index contributed by atoms with van der Waals surface area (Å²) in [5, 5.41) is 5.82. The van der Waals surface area contributed by atoms with E-state index in [2.05, 4.69) is 15.6 Å². The smallest absolute Gasteiger partial charge is 0.308 e. The number of anilines is 2. The number of amides is 2. The van der Waals surface area contributed by atoms with Crippen LogP contribution in [0.1, 0.15) is 11.3 Å². The van der Waals surface area contributed by atoms with E-state index < -0.39 is 17.8 Å². The van der Waals surface area contributed by atoms with Gasteiger partial charge in [0.15, 0.2) is 0 Å². The van der Waals surface area contributed by atoms with Gasteiger partial charge < -0.3 is 10.6 Å². The number of benzene rings is 2. The lowest BCUT2D eigenvalue weighted by atomic mass is 10.1. The highest BCUT2D eigenvalue weighted by Gasteiger charge is 2.30. The molecule has 0 radical (unpaired) electrons. The Hall–Kier alpha value is -3.09. The van der Waals surface area contributed by atoms with E-state index in [1.54, 1.807) is 13.0 Å². The van der Waals surface area contributed by atoms with Crippen molar-refractivity contribution in [1.29, 1.82) is 0 Å². The molecular formula is C18H14F3N3O. The minimum atomic E-state index is -4.47. The van der Waals surface area contributed by atoms with Gasteiger partial charge in [0.2, 0.25) is 0 Å². The normalized spacial score (nSPS) is 11.4. The van der Waals surface area contributed by atoms with Crippen molar-refractivity contribution >= 4 is 28.3 Å². The fourth-order valence-corrected chi connectivity index (χ4v) is 2.47. The number of nitrogens with one attached hydrogen (secondary N) is 2. The van der Waals surface area contributed by atoms with Crippen molar-refractivity contribution in [2.24, 2.45) is 0 Å². The van der Waals surface area contributed by atoms with Gasteiger partial charge in [0.25, 0.3) is 0 Å². The molecule has 7 heteroatoms. The molecule has 0 aliphatic carbocycles. The van der Waals surface area contributed by atoms with Gasteiger partial charge in [-0.15, -0.1) is 0 Å². The molecule has 3 rings (SSSR count). The van der Waals surface area contributed by atoms with Crippen molar-refractivity contribution in [3.8, 4) is 0 Å². The Kier molecular flexibility index (Phi) is 4.31. The fourth-order valence-electron chi connectivity index (χ4n) is 2.47. The summed E-state index contributed by atoms with van der Waals surface area (Å²) in [6.45, 7) is 1.79. The molecule has 0 atom stereocenters. The lowest BCUT2D eigenvalue weighted by Gasteiger charge is -2.12. The maximum Gasteiger partial charge on any atom is 0.416 e. The molecule has 2 amide bonds. The van der Waals surface area contributed by atoms with Gasteiger partial charge >= 0.3 is 12.2 Å². The third kappa shape index (κ3) is 3.88. The standard InChI is InChI=1S/C18H14F3N3O/c1-11-9-16(14-7-2-3-8-15(14)22-11)24-17(25)23-13-6-4-5-12(10-13)18(19,20)21/h2-10H,1H3,(H2,22,23,24,25). The van der Waals surface area contributed by atoms with Gasteiger partial charge in [-0.25, -0.2) is 4.79 Å². The zero-order valence-corrected chi connectivity index (χ0v) is 13.2. The second kappa shape index (κ2) is 6.43. The van der Waals surface area contributed by atoms with Crippen molar-refractivity contribution < 1.29 is 18.0 Å². The minimum absolute atomic E-state index is 0.0578. The largest absolute Gasteiger partial charge is 0.416 e. The van der Waals surface area contributed by atoms with E-state index in [1.165, 1.54) is 12.1 Å². The number of carbonyl (C=O) groups is 1. The number of urea groups is 1. The molecule has 0 aliphatic heterocycles. The van der Waals surface area contributed by atoms with Crippen molar-refractivity contribution in [2.75, 3.05) is 10.6 Å². The predicted octanol–water partition coefficient (Wildman–Crippen LogP) is 5.21. The van der Waals surface area contributed by atoms with Gasteiger partial charge in [-0.3, -0.25) is 4.98 Å². The van der Waals surface area contributed by atoms with Gasteiger partial charge in [-0.1, -0.05) is 24.3 Å². The summed E-state index contributed by atoms with van der Waals surface area (Å²) in [5.74, 6) is 0. The Balaban J connectivity index is 1.82. The maximum absolute atomic E-state index is 12.7. The van der Waals surface area contributed by atoms with Gasteiger partial charge in [-0.05, 0) is 37.3 Å². The highest BCUT2D eigenvalue weighted by Crippen LogP contribution is 2.30. The summed E-state index contributed by atoms with van der Waals surface area (Å²) in [7, 11) is 0. The third-order valence-electron chi connectivity index (χ3n) is 3.54. The molecule has 0 aliphatic rings. The summed E-state index contributed by atoms with van der Waals surface area (Å²) in [6, 6.07) is 12.8. The van der Waals surface area contributed by atoms with Gasteiger partial charge in [0.1, 0.15) is 0 Å². The van der Waals surface area contributed by atoms with Crippen molar-refractivity contribution in [1.82, 2.24) is 4.98 Å². The summed E-state index contributed by atoms with van der Waals surface area (Å²) in [5.41, 5.74) is 1.20. The van der Waals surface area contributed by atoms with Crippen LogP contribution in [0.15, 0.2) is 54.6 Å². The Bertz CT molecular complexity index is 938. The SMILES string of the molecule is Cc1cc(NC(=O)Nc2cccc(C(F)(F)F)c2)c2ccccc2n1. The molecule has 1 aromatic heterocycles. The highest BCUT2D eigenvalue weighted by molar-refractivity contribution is 6.05. The summed E-state index contributed by atoms with van der Waals surface area (Å²) in [6.07, 6.45) is -4.47. The first kappa shape index (κ1) is 16.8. The number of rotatable bonds is 2. The lowest BCUT2D eigenvalue weighted by molar-refractivity contribution is -0.137. The number of aryl methyl sites for hydroxylation is 1. The van der Waals surface area contributed by atoms with E-state index in [-0.39, 0.29) is 5.69 Å². The van der Waals surface area contributed by atoms with E-state index in [1.807, 2.05) is 24.3 Å². The van der Waals surface area contributed by atoms with E-state index >= 15 is 0 Å². The number of carbonyl (C=O) groups excluding carboxylic acids is 1. The lowest BCUT2D eigenvalue weighted by Crippen LogP contribution is -2.20. The fraction of sp³-hybridized carbons (Fsp3) is 0.111. The molecule has 3 aromatic rings. The molecule has 0 spiro atoms. The molecular weight excluding hydrogens is 331 g/mol. The summed E-state index contributed by atoms with van der Waals surface area (Å²) < 4.78 is 38.2. The summed E-state index contributed by atoms with van der Waals surface area (Å²) in [4.78, 5) is 16.5. The van der Waals surface area contributed by atoms with Crippen LogP contribution in [0.5, 0.6) is 0 Å². The number of pyridine rings is 1. The molecule has 128 valence electrons. The molecule has 4 nitrogen and oxygen atoms in total. The van der Waals surface area contributed by atoms with E-state index in [4.69, 9.17) is 0 Å². The van der Waals surface area contributed by atoms with Crippen molar-refractivity contribution in [3.63, 3.8) is 0 Å². The first-order valence-electron chi connectivity index (χ1n) is 7.44. The molecule has 0 saturated heterocycles. The van der Waals surface area contributed by atoms with Crippen LogP contribution in [0, 0.1) is 6.92 Å². The molecule has 2 aromatic carbocycles. The second-order valence-electron chi connectivity index (χ2n) is 5.49. The van der Waals surface area contributed by atoms with E-state index in [0.29, 0.717) is 11.4 Å². The number of hydrogen-bond donors (Lipinski definition) is 2. The zero-order chi connectivity index (χ0) is 18.0. The second-order valence-corrected chi connectivity index (χ2v) is 5.49. The Morgan fingerprint density at radius 1 is 1.00 bits per heavy atom. The van der Waals surface area contributed by atoms with Crippen LogP contribution < -0.4 is 10.6 Å². The van der Waals surface area contributed by atoms with Crippen LogP contribution in [0.3, 0.4) is 0 Å². The molecule has 0 unspecified atom stereocenters. The predicted molar refractivity (Wildman–Crippen MR) is 90.6 cm³/mol. The highest BCUT2D eigenvalue weighted by atomic mass is 19.4. The maximum atomic E-state index is 12.7. The Morgan fingerprint density at radius 2 is 1.76 bits per heavy atom. The number of aromatic nitrogens is 1. The number of hydrogen-bond acceptors (Lipinski definition) is 2. The summed E-state index contributed by atoms with van der Waals surface area (Å²) >= 11 is 0. The zero-order valence-electron chi connectivity index (χ0n) is 13.2.